The van der Waals surface area contributed by atoms with Crippen molar-refractivity contribution in [3.63, 3.8) is 0 Å². The number of halogens is 3. The van der Waals surface area contributed by atoms with Crippen molar-refractivity contribution < 1.29 is 22.6 Å². The van der Waals surface area contributed by atoms with Crippen LogP contribution in [0.4, 0.5) is 18.9 Å². The van der Waals surface area contributed by atoms with E-state index in [1.807, 2.05) is 6.92 Å². The van der Waals surface area contributed by atoms with Crippen molar-refractivity contribution in [2.24, 2.45) is 0 Å². The molecule has 0 atom stereocenters. The van der Waals surface area contributed by atoms with E-state index in [9.17, 15) is 18.0 Å². The molecule has 0 bridgehead atoms. The second-order valence-electron chi connectivity index (χ2n) is 6.71. The highest BCUT2D eigenvalue weighted by Crippen LogP contribution is 2.37. The Hall–Kier alpha value is -3.53. The number of nitrogens with zero attached hydrogens (tertiary/aromatic N) is 2. The molecule has 0 aliphatic carbocycles. The molecule has 0 fully saturated rings. The van der Waals surface area contributed by atoms with Crippen molar-refractivity contribution in [1.29, 1.82) is 0 Å². The van der Waals surface area contributed by atoms with E-state index in [0.29, 0.717) is 28.8 Å². The molecule has 2 aromatic carbocycles. The molecule has 0 saturated carbocycles. The van der Waals surface area contributed by atoms with Crippen LogP contribution in [0.3, 0.4) is 0 Å². The summed E-state index contributed by atoms with van der Waals surface area (Å²) in [6.45, 7) is 2.43. The molecule has 0 unspecified atom stereocenters. The van der Waals surface area contributed by atoms with Crippen molar-refractivity contribution in [1.82, 2.24) is 9.38 Å². The van der Waals surface area contributed by atoms with Gasteiger partial charge in [-0.25, -0.2) is 4.98 Å². The van der Waals surface area contributed by atoms with Crippen LogP contribution in [0.1, 0.15) is 18.2 Å². The number of fused-ring (bicyclic) bond motifs is 1. The van der Waals surface area contributed by atoms with Crippen molar-refractivity contribution in [2.75, 3.05) is 11.9 Å². The first-order valence-electron chi connectivity index (χ1n) is 9.65. The molecule has 166 valence electrons. The van der Waals surface area contributed by atoms with E-state index < -0.39 is 11.7 Å². The number of anilines is 1. The van der Waals surface area contributed by atoms with Gasteiger partial charge in [0.1, 0.15) is 11.5 Å². The van der Waals surface area contributed by atoms with Gasteiger partial charge in [0.25, 0.3) is 5.56 Å². The average molecular weight is 461 g/mol. The molecule has 6 nitrogen and oxygen atoms in total. The number of ether oxygens (including phenoxy) is 2. The fourth-order valence-electron chi connectivity index (χ4n) is 3.00. The Morgan fingerprint density at radius 2 is 1.84 bits per heavy atom. The molecule has 2 aromatic heterocycles. The van der Waals surface area contributed by atoms with Crippen LogP contribution in [0.5, 0.6) is 17.2 Å². The molecule has 32 heavy (non-hydrogen) atoms. The first-order chi connectivity index (χ1) is 15.3. The molecule has 0 saturated heterocycles. The average Bonchev–Trinajstić information content (AvgIpc) is 3.23. The van der Waals surface area contributed by atoms with Crippen molar-refractivity contribution >= 4 is 22.0 Å². The second-order valence-corrected chi connectivity index (χ2v) is 7.58. The number of thiazole rings is 1. The number of nitrogens with one attached hydrogen (secondary N) is 1. The highest BCUT2D eigenvalue weighted by molar-refractivity contribution is 7.15. The van der Waals surface area contributed by atoms with Gasteiger partial charge in [-0.15, -0.1) is 11.3 Å². The van der Waals surface area contributed by atoms with E-state index in [1.165, 1.54) is 27.9 Å². The van der Waals surface area contributed by atoms with E-state index in [0.717, 1.165) is 12.1 Å². The zero-order chi connectivity index (χ0) is 22.7. The minimum atomic E-state index is -4.51. The van der Waals surface area contributed by atoms with E-state index in [-0.39, 0.29) is 23.5 Å². The third kappa shape index (κ3) is 4.86. The summed E-state index contributed by atoms with van der Waals surface area (Å²) in [7, 11) is 0. The third-order valence-electron chi connectivity index (χ3n) is 4.49. The van der Waals surface area contributed by atoms with Gasteiger partial charge in [-0.1, -0.05) is 0 Å². The lowest BCUT2D eigenvalue weighted by atomic mass is 10.1. The molecule has 4 rings (SSSR count). The van der Waals surface area contributed by atoms with Crippen LogP contribution in [0, 0.1) is 0 Å². The monoisotopic (exact) mass is 461 g/mol. The Bertz CT molecular complexity index is 1280. The van der Waals surface area contributed by atoms with Gasteiger partial charge in [0.2, 0.25) is 0 Å². The molecule has 0 radical (unpaired) electrons. The molecule has 0 amide bonds. The minimum absolute atomic E-state index is 0.0462. The van der Waals surface area contributed by atoms with Crippen LogP contribution in [-0.2, 0) is 12.7 Å². The van der Waals surface area contributed by atoms with Crippen LogP contribution in [0.15, 0.2) is 64.9 Å². The molecule has 10 heteroatoms. The Morgan fingerprint density at radius 1 is 1.09 bits per heavy atom. The normalized spacial score (nSPS) is 11.5. The fourth-order valence-corrected chi connectivity index (χ4v) is 3.73. The predicted octanol–water partition coefficient (Wildman–Crippen LogP) is 5.58. The maximum Gasteiger partial charge on any atom is 0.416 e. The maximum absolute atomic E-state index is 13.3. The summed E-state index contributed by atoms with van der Waals surface area (Å²) < 4.78 is 52.4. The fraction of sp³-hybridized carbons (Fsp3) is 0.182. The molecule has 0 aliphatic heterocycles. The minimum Gasteiger partial charge on any atom is -0.494 e. The zero-order valence-corrected chi connectivity index (χ0v) is 17.7. The summed E-state index contributed by atoms with van der Waals surface area (Å²) in [6, 6.07) is 11.3. The SMILES string of the molecule is CCOc1ccc(Oc2ccc(C(F)(F)F)cc2NCc2cc(=O)n3ccsc3n2)cc1. The van der Waals surface area contributed by atoms with Gasteiger partial charge in [-0.3, -0.25) is 9.20 Å². The quantitative estimate of drug-likeness (QED) is 0.389. The molecular weight excluding hydrogens is 443 g/mol. The van der Waals surface area contributed by atoms with Crippen molar-refractivity contribution in [3.8, 4) is 17.2 Å². The largest absolute Gasteiger partial charge is 0.494 e. The van der Waals surface area contributed by atoms with Gasteiger partial charge in [-0.2, -0.15) is 13.2 Å². The van der Waals surface area contributed by atoms with Gasteiger partial charge in [0, 0.05) is 17.6 Å². The summed E-state index contributed by atoms with van der Waals surface area (Å²) >= 11 is 1.29. The van der Waals surface area contributed by atoms with Crippen molar-refractivity contribution in [3.05, 3.63) is 81.7 Å². The number of hydrogen-bond donors (Lipinski definition) is 1. The smallest absolute Gasteiger partial charge is 0.416 e. The summed E-state index contributed by atoms with van der Waals surface area (Å²) in [6.07, 6.45) is -2.90. The molecule has 0 spiro atoms. The number of aromatic nitrogens is 2. The van der Waals surface area contributed by atoms with E-state index >= 15 is 0 Å². The highest BCUT2D eigenvalue weighted by Gasteiger charge is 2.31. The highest BCUT2D eigenvalue weighted by atomic mass is 32.1. The van der Waals surface area contributed by atoms with Crippen LogP contribution in [0.25, 0.3) is 4.96 Å². The van der Waals surface area contributed by atoms with E-state index in [2.05, 4.69) is 10.3 Å². The van der Waals surface area contributed by atoms with Crippen LogP contribution in [0.2, 0.25) is 0 Å². The number of alkyl halides is 3. The van der Waals surface area contributed by atoms with E-state index in [4.69, 9.17) is 9.47 Å². The Labute approximate surface area is 184 Å². The predicted molar refractivity (Wildman–Crippen MR) is 116 cm³/mol. The van der Waals surface area contributed by atoms with Gasteiger partial charge in [-0.05, 0) is 49.4 Å². The summed E-state index contributed by atoms with van der Waals surface area (Å²) in [5.41, 5.74) is -0.549. The Kier molecular flexibility index (Phi) is 6.04. The lowest BCUT2D eigenvalue weighted by Gasteiger charge is -2.16. The third-order valence-corrected chi connectivity index (χ3v) is 5.24. The van der Waals surface area contributed by atoms with Gasteiger partial charge in [0.05, 0.1) is 30.1 Å². The molecule has 0 aliphatic rings. The summed E-state index contributed by atoms with van der Waals surface area (Å²) in [5.74, 6) is 1.30. The Morgan fingerprint density at radius 3 is 2.56 bits per heavy atom. The standard InChI is InChI=1S/C22H18F3N3O3S/c1-2-30-16-4-6-17(7-5-16)31-19-8-3-14(22(23,24)25)11-18(19)26-13-15-12-20(29)28-9-10-32-21(28)27-15/h3-12,26H,2,13H2,1H3. The van der Waals surface area contributed by atoms with Gasteiger partial charge in [0.15, 0.2) is 10.7 Å². The molecular formula is C22H18F3N3O3S. The lowest BCUT2D eigenvalue weighted by molar-refractivity contribution is -0.137. The number of hydrogen-bond acceptors (Lipinski definition) is 6. The topological polar surface area (TPSA) is 64.9 Å². The summed E-state index contributed by atoms with van der Waals surface area (Å²) in [5, 5.41) is 4.66. The van der Waals surface area contributed by atoms with Crippen molar-refractivity contribution in [2.45, 2.75) is 19.6 Å². The van der Waals surface area contributed by atoms with Gasteiger partial charge < -0.3 is 14.8 Å². The molecule has 1 N–H and O–H groups in total. The zero-order valence-electron chi connectivity index (χ0n) is 16.8. The Balaban J connectivity index is 1.61. The van der Waals surface area contributed by atoms with Crippen LogP contribution < -0.4 is 20.3 Å². The molecule has 2 heterocycles. The van der Waals surface area contributed by atoms with Gasteiger partial charge >= 0.3 is 6.18 Å². The van der Waals surface area contributed by atoms with E-state index in [1.54, 1.807) is 35.8 Å². The summed E-state index contributed by atoms with van der Waals surface area (Å²) in [4.78, 5) is 17.0. The maximum atomic E-state index is 13.3. The number of rotatable bonds is 7. The first kappa shape index (κ1) is 21.7. The van der Waals surface area contributed by atoms with Crippen LogP contribution in [-0.4, -0.2) is 16.0 Å². The first-order valence-corrected chi connectivity index (χ1v) is 10.5. The van der Waals surface area contributed by atoms with Crippen LogP contribution >= 0.6 is 11.3 Å². The molecule has 4 aromatic rings. The second kappa shape index (κ2) is 8.91. The number of benzene rings is 2. The lowest BCUT2D eigenvalue weighted by Crippen LogP contribution is -2.15.